The van der Waals surface area contributed by atoms with Gasteiger partial charge in [0.25, 0.3) is 0 Å². The molecule has 1 saturated heterocycles. The van der Waals surface area contributed by atoms with Gasteiger partial charge in [-0.25, -0.2) is 4.39 Å². The van der Waals surface area contributed by atoms with Gasteiger partial charge in [-0.15, -0.1) is 5.10 Å². The number of morpholine rings is 1. The number of carbonyl (C=O) groups excluding carboxylic acids is 1. The molecule has 1 aromatic heterocycles. The Balaban J connectivity index is 1.26. The van der Waals surface area contributed by atoms with Gasteiger partial charge in [-0.05, 0) is 30.3 Å². The molecule has 2 aliphatic rings. The molecular formula is C28H24FN5O3. The highest BCUT2D eigenvalue weighted by atomic mass is 19.1. The number of ketones is 1. The maximum absolute atomic E-state index is 14.7. The third-order valence-electron chi connectivity index (χ3n) is 6.51. The number of nitrogens with one attached hydrogen (secondary N) is 1. The van der Waals surface area contributed by atoms with E-state index in [2.05, 4.69) is 20.4 Å². The number of ether oxygens (including phenoxy) is 1. The first kappa shape index (κ1) is 23.1. The highest BCUT2D eigenvalue weighted by Crippen LogP contribution is 2.27. The maximum atomic E-state index is 14.7. The average molecular weight is 498 g/mol. The highest BCUT2D eigenvalue weighted by Gasteiger charge is 2.29. The van der Waals surface area contributed by atoms with E-state index in [1.54, 1.807) is 12.1 Å². The lowest BCUT2D eigenvalue weighted by Gasteiger charge is -2.28. The lowest BCUT2D eigenvalue weighted by molar-refractivity contribution is -0.119. The van der Waals surface area contributed by atoms with E-state index >= 15 is 0 Å². The summed E-state index contributed by atoms with van der Waals surface area (Å²) in [5, 5.41) is 11.2. The van der Waals surface area contributed by atoms with Gasteiger partial charge in [0.15, 0.2) is 11.9 Å². The van der Waals surface area contributed by atoms with E-state index in [9.17, 15) is 9.18 Å². The minimum absolute atomic E-state index is 0.0631. The summed E-state index contributed by atoms with van der Waals surface area (Å²) in [5.74, 6) is -0.415. The van der Waals surface area contributed by atoms with E-state index < -0.39 is 12.0 Å². The molecule has 0 radical (unpaired) electrons. The number of aliphatic imine (C=N–C) groups is 1. The standard InChI is InChI=1S/C28H24FN5O3/c29-23-8-4-7-21-22(23)17-24(35)26(30-25(21)18-5-2-1-3-6-18)31-28-33-32-27(37-28)19-9-11-20(12-10-19)34-13-15-36-16-14-34/h1-12,26H,13-17H2,(H,31,33). The second kappa shape index (κ2) is 9.94. The lowest BCUT2D eigenvalue weighted by Crippen LogP contribution is -2.36. The van der Waals surface area contributed by atoms with E-state index in [4.69, 9.17) is 14.1 Å². The molecule has 3 aromatic carbocycles. The number of hydrogen-bond acceptors (Lipinski definition) is 8. The Kier molecular flexibility index (Phi) is 6.20. The van der Waals surface area contributed by atoms with Crippen LogP contribution in [-0.2, 0) is 16.0 Å². The number of fused-ring (bicyclic) bond motifs is 1. The van der Waals surface area contributed by atoms with Crippen molar-refractivity contribution in [2.75, 3.05) is 36.5 Å². The number of Topliss-reactive ketones (excluding diaryl/α,β-unsaturated/α-hetero) is 1. The Morgan fingerprint density at radius 1 is 0.892 bits per heavy atom. The molecule has 0 amide bonds. The van der Waals surface area contributed by atoms with Crippen LogP contribution in [0, 0.1) is 5.82 Å². The fourth-order valence-corrected chi connectivity index (χ4v) is 4.59. The van der Waals surface area contributed by atoms with Gasteiger partial charge >= 0.3 is 6.01 Å². The molecule has 186 valence electrons. The molecule has 4 aromatic rings. The predicted octanol–water partition coefficient (Wildman–Crippen LogP) is 4.11. The van der Waals surface area contributed by atoms with E-state index in [1.165, 1.54) is 6.07 Å². The summed E-state index contributed by atoms with van der Waals surface area (Å²) in [7, 11) is 0. The van der Waals surface area contributed by atoms with Crippen molar-refractivity contribution in [2.45, 2.75) is 12.6 Å². The van der Waals surface area contributed by atoms with Gasteiger partial charge < -0.3 is 19.4 Å². The van der Waals surface area contributed by atoms with Crippen molar-refractivity contribution in [3.63, 3.8) is 0 Å². The van der Waals surface area contributed by atoms with Gasteiger partial charge in [0.2, 0.25) is 5.89 Å². The molecule has 0 saturated carbocycles. The number of rotatable bonds is 5. The monoisotopic (exact) mass is 497 g/mol. The smallest absolute Gasteiger partial charge is 0.317 e. The van der Waals surface area contributed by atoms with E-state index in [-0.39, 0.29) is 18.2 Å². The number of halogens is 1. The number of nitrogens with zero attached hydrogens (tertiary/aromatic N) is 4. The van der Waals surface area contributed by atoms with Crippen LogP contribution in [0.3, 0.4) is 0 Å². The molecule has 0 bridgehead atoms. The van der Waals surface area contributed by atoms with Crippen molar-refractivity contribution in [3.05, 3.63) is 95.3 Å². The average Bonchev–Trinajstić information content (AvgIpc) is 3.36. The molecule has 1 atom stereocenters. The summed E-state index contributed by atoms with van der Waals surface area (Å²) in [5.41, 5.74) is 4.08. The molecule has 1 fully saturated rings. The van der Waals surface area contributed by atoms with Gasteiger partial charge in [-0.1, -0.05) is 47.6 Å². The first-order valence-electron chi connectivity index (χ1n) is 12.1. The van der Waals surface area contributed by atoms with Crippen LogP contribution >= 0.6 is 0 Å². The number of benzene rings is 3. The van der Waals surface area contributed by atoms with Gasteiger partial charge in [0.05, 0.1) is 18.9 Å². The molecule has 1 unspecified atom stereocenters. The number of carbonyl (C=O) groups is 1. The number of hydrogen-bond donors (Lipinski definition) is 1. The zero-order valence-corrected chi connectivity index (χ0v) is 19.9. The summed E-state index contributed by atoms with van der Waals surface area (Å²) in [4.78, 5) is 20.1. The second-order valence-corrected chi connectivity index (χ2v) is 8.86. The summed E-state index contributed by atoms with van der Waals surface area (Å²) >= 11 is 0. The van der Waals surface area contributed by atoms with E-state index in [0.717, 1.165) is 29.9 Å². The molecule has 3 heterocycles. The summed E-state index contributed by atoms with van der Waals surface area (Å²) in [6.07, 6.45) is -1.12. The van der Waals surface area contributed by atoms with Gasteiger partial charge in [-0.3, -0.25) is 9.79 Å². The number of anilines is 2. The van der Waals surface area contributed by atoms with Crippen molar-refractivity contribution < 1.29 is 18.3 Å². The zero-order valence-electron chi connectivity index (χ0n) is 19.9. The van der Waals surface area contributed by atoms with Crippen LogP contribution in [0.25, 0.3) is 11.5 Å². The van der Waals surface area contributed by atoms with Crippen molar-refractivity contribution in [2.24, 2.45) is 4.99 Å². The van der Waals surface area contributed by atoms with Gasteiger partial charge in [0, 0.05) is 47.5 Å². The fraction of sp³-hybridized carbons (Fsp3) is 0.214. The Morgan fingerprint density at radius 2 is 1.68 bits per heavy atom. The molecule has 6 rings (SSSR count). The first-order chi connectivity index (χ1) is 18.2. The second-order valence-electron chi connectivity index (χ2n) is 8.86. The molecule has 9 heteroatoms. The van der Waals surface area contributed by atoms with Crippen LogP contribution in [-0.4, -0.2) is 54.2 Å². The summed E-state index contributed by atoms with van der Waals surface area (Å²) in [6.45, 7) is 3.13. The molecule has 0 spiro atoms. The predicted molar refractivity (Wildman–Crippen MR) is 137 cm³/mol. The van der Waals surface area contributed by atoms with Gasteiger partial charge in [0.1, 0.15) is 5.82 Å². The van der Waals surface area contributed by atoms with Crippen LogP contribution in [0.2, 0.25) is 0 Å². The third-order valence-corrected chi connectivity index (χ3v) is 6.51. The Bertz CT molecular complexity index is 1450. The van der Waals surface area contributed by atoms with Gasteiger partial charge in [-0.2, -0.15) is 0 Å². The van der Waals surface area contributed by atoms with Crippen LogP contribution in [0.1, 0.15) is 16.7 Å². The minimum atomic E-state index is -1.01. The largest absolute Gasteiger partial charge is 0.403 e. The molecule has 0 aliphatic carbocycles. The Labute approximate surface area is 212 Å². The van der Waals surface area contributed by atoms with Crippen LogP contribution in [0.4, 0.5) is 16.1 Å². The lowest BCUT2D eigenvalue weighted by atomic mass is 9.95. The summed E-state index contributed by atoms with van der Waals surface area (Å²) < 4.78 is 26.0. The Hall–Kier alpha value is -4.37. The molecule has 1 N–H and O–H groups in total. The minimum Gasteiger partial charge on any atom is -0.403 e. The van der Waals surface area contributed by atoms with Crippen LogP contribution in [0.5, 0.6) is 0 Å². The Morgan fingerprint density at radius 3 is 2.46 bits per heavy atom. The summed E-state index contributed by atoms with van der Waals surface area (Å²) in [6, 6.07) is 22.1. The van der Waals surface area contributed by atoms with E-state index in [1.807, 2.05) is 54.6 Å². The topological polar surface area (TPSA) is 92.9 Å². The third kappa shape index (κ3) is 4.73. The first-order valence-corrected chi connectivity index (χ1v) is 12.1. The SMILES string of the molecule is O=C1Cc2c(F)cccc2C(c2ccccc2)=NC1Nc1nnc(-c2ccc(N3CCOCC3)cc2)o1. The highest BCUT2D eigenvalue weighted by molar-refractivity contribution is 6.16. The normalized spacial score (nSPS) is 17.6. The number of aromatic nitrogens is 2. The van der Waals surface area contributed by atoms with E-state index in [0.29, 0.717) is 35.9 Å². The zero-order chi connectivity index (χ0) is 25.2. The molecule has 2 aliphatic heterocycles. The maximum Gasteiger partial charge on any atom is 0.317 e. The van der Waals surface area contributed by atoms with Crippen molar-refractivity contribution in [3.8, 4) is 11.5 Å². The van der Waals surface area contributed by atoms with Crippen LogP contribution in [0.15, 0.2) is 82.2 Å². The van der Waals surface area contributed by atoms with Crippen molar-refractivity contribution >= 4 is 23.2 Å². The van der Waals surface area contributed by atoms with Crippen LogP contribution < -0.4 is 10.2 Å². The fourth-order valence-electron chi connectivity index (χ4n) is 4.59. The molecule has 8 nitrogen and oxygen atoms in total. The quantitative estimate of drug-likeness (QED) is 0.444. The van der Waals surface area contributed by atoms with Crippen molar-refractivity contribution in [1.82, 2.24) is 10.2 Å². The molecule has 37 heavy (non-hydrogen) atoms. The molecular weight excluding hydrogens is 473 g/mol. The van der Waals surface area contributed by atoms with Crippen molar-refractivity contribution in [1.29, 1.82) is 0 Å².